The lowest BCUT2D eigenvalue weighted by molar-refractivity contribution is -0.641. The van der Waals surface area contributed by atoms with Crippen LogP contribution >= 0.6 is 0 Å². The number of hydrogen-bond donors (Lipinski definition) is 7. The minimum absolute atomic E-state index is 0.00353. The van der Waals surface area contributed by atoms with E-state index in [2.05, 4.69) is 84.1 Å². The van der Waals surface area contributed by atoms with Crippen molar-refractivity contribution in [3.8, 4) is 55.8 Å². The van der Waals surface area contributed by atoms with E-state index >= 15 is 0 Å². The molecule has 0 bridgehead atoms. The van der Waals surface area contributed by atoms with Crippen LogP contribution in [-0.2, 0) is 17.6 Å². The van der Waals surface area contributed by atoms with Crippen molar-refractivity contribution in [3.63, 3.8) is 0 Å². The predicted octanol–water partition coefficient (Wildman–Crippen LogP) is 18.5. The van der Waals surface area contributed by atoms with Gasteiger partial charge in [-0.2, -0.15) is 0 Å². The monoisotopic (exact) mass is 1560 g/mol. The number of carbonyl (C=O) groups excluding carboxylic acids is 9. The van der Waals surface area contributed by atoms with Gasteiger partial charge in [0.25, 0.3) is 5.91 Å². The number of H-pyrrole nitrogens is 1. The summed E-state index contributed by atoms with van der Waals surface area (Å²) < 4.78 is 0. The number of fused-ring (bicyclic) bond motifs is 1. The Morgan fingerprint density at radius 2 is 0.805 bits per heavy atom. The van der Waals surface area contributed by atoms with Crippen LogP contribution in [0.15, 0.2) is 243 Å². The Bertz CT molecular complexity index is 6000. The zero-order valence-corrected chi connectivity index (χ0v) is 66.8. The van der Waals surface area contributed by atoms with Gasteiger partial charge in [-0.25, -0.2) is 4.79 Å². The first-order valence-corrected chi connectivity index (χ1v) is 40.1. The van der Waals surface area contributed by atoms with E-state index in [1.54, 1.807) is 110 Å². The third kappa shape index (κ3) is 15.1. The number of anilines is 1. The lowest BCUT2D eigenvalue weighted by Gasteiger charge is -3.11. The summed E-state index contributed by atoms with van der Waals surface area (Å²) in [5.74, 6) is 2.65. The van der Waals surface area contributed by atoms with E-state index in [-0.39, 0.29) is 46.4 Å². The zero-order chi connectivity index (χ0) is 83.3. The molecule has 0 unspecified atom stereocenters. The molecule has 118 heavy (non-hydrogen) atoms. The highest BCUT2D eigenvalue weighted by atomic mass is 16.4. The van der Waals surface area contributed by atoms with E-state index in [9.17, 15) is 53.1 Å². The Morgan fingerprint density at radius 1 is 0.398 bits per heavy atom. The molecule has 2 heterocycles. The van der Waals surface area contributed by atoms with Crippen molar-refractivity contribution in [2.45, 2.75) is 86.5 Å². The highest BCUT2D eigenvalue weighted by Crippen LogP contribution is 3.11. The van der Waals surface area contributed by atoms with Gasteiger partial charge in [-0.1, -0.05) is 139 Å². The maximum absolute atomic E-state index is 13.6. The standard InChI is InChI=1S/C30H31NO3.C24H20N2O2.C24H21NO3.C23H20N2O3/c1-2-29-22-25-23(29)27-24(29)26(22)30(25,27)21(32)13-15-11-19(14-20(12-15)28(33)34)17-5-3-16(4-6-17)18-7-9-31-10-8-18;1-14-3-8-22-20(9-14)13-23(26-22)21-11-18(15(2)27)10-19(12-21)16-4-6-17(7-5-16)24(25)28;1-15-3-5-19(6-4-15)23(27)13-17-11-21(16(2)26)14-22(12-17)18-7-9-20(10-8-18)24(25)28;1-14-3-9-21(10-4-14)25-23(28)20-12-18(15(2)26)11-19(13-20)16-5-7-17(8-6-16)22(24)27/h3-6,11-12,14,18,22-27,31H,2,7-10,13H2,1H3,(H,33,34);3-13,26H,1-2H3,(H2,25,28);3-12,14H,13H2,1-2H3,(H2,25,28);3-13H,1-2H3,(H2,24,27)(H,25,28). The fourth-order valence-corrected chi connectivity index (χ4v) is 19.7. The number of aromatic carboxylic acids is 1. The summed E-state index contributed by atoms with van der Waals surface area (Å²) in [6, 6.07) is 74.4. The molecule has 17 heteroatoms. The molecule has 19 rings (SSSR count). The van der Waals surface area contributed by atoms with E-state index in [1.165, 1.54) is 31.4 Å². The van der Waals surface area contributed by atoms with Crippen molar-refractivity contribution in [2.24, 2.45) is 63.5 Å². The van der Waals surface area contributed by atoms with E-state index in [1.807, 2.05) is 98.8 Å². The number of amides is 4. The van der Waals surface area contributed by atoms with E-state index in [0.29, 0.717) is 97.0 Å². The molecule has 4 amide bonds. The summed E-state index contributed by atoms with van der Waals surface area (Å²) in [5, 5.41) is 17.2. The van der Waals surface area contributed by atoms with Crippen molar-refractivity contribution < 1.29 is 53.1 Å². The second-order valence-electron chi connectivity index (χ2n) is 32.6. The smallest absolute Gasteiger partial charge is 0.335 e. The number of hydrogen-bond acceptors (Lipinski definition) is 11. The average molecular weight is 1570 g/mol. The molecule has 10 N–H and O–H groups in total. The number of ketones is 5. The molecule has 0 spiro atoms. The number of carbonyl (C=O) groups is 10. The van der Waals surface area contributed by atoms with Crippen molar-refractivity contribution in [1.29, 1.82) is 0 Å². The molecule has 1 aromatic heterocycles. The topological polar surface area (TPSA) is 309 Å². The van der Waals surface area contributed by atoms with Crippen molar-refractivity contribution in [3.05, 3.63) is 326 Å². The molecular weight excluding hydrogens is 1470 g/mol. The predicted molar refractivity (Wildman–Crippen MR) is 460 cm³/mol. The Balaban J connectivity index is 0.000000124. The van der Waals surface area contributed by atoms with Crippen molar-refractivity contribution in [1.82, 2.24) is 10.3 Å². The van der Waals surface area contributed by atoms with Crippen LogP contribution in [0, 0.1) is 67.1 Å². The molecule has 6 saturated carbocycles. The number of benzene rings is 11. The van der Waals surface area contributed by atoms with Gasteiger partial charge in [0.2, 0.25) is 17.7 Å². The summed E-state index contributed by atoms with van der Waals surface area (Å²) in [6.07, 6.45) is 4.22. The zero-order valence-electron chi connectivity index (χ0n) is 66.8. The lowest BCUT2D eigenvalue weighted by Crippen LogP contribution is -3.10. The fourth-order valence-electron chi connectivity index (χ4n) is 19.7. The van der Waals surface area contributed by atoms with Gasteiger partial charge in [0, 0.05) is 85.0 Å². The van der Waals surface area contributed by atoms with Gasteiger partial charge in [-0.3, -0.25) is 43.2 Å². The maximum atomic E-state index is 13.6. The number of carboxylic acid groups (broad SMARTS) is 1. The molecule has 12 aromatic rings. The number of rotatable bonds is 22. The summed E-state index contributed by atoms with van der Waals surface area (Å²) in [7, 11) is 0. The molecule has 7 fully saturated rings. The quantitative estimate of drug-likeness (QED) is 0.0312. The van der Waals surface area contributed by atoms with E-state index < -0.39 is 23.7 Å². The lowest BCUT2D eigenvalue weighted by atomic mass is 8.91. The molecule has 0 radical (unpaired) electrons. The summed E-state index contributed by atoms with van der Waals surface area (Å²) in [6.45, 7) is 15.0. The van der Waals surface area contributed by atoms with Gasteiger partial charge in [0.05, 0.1) is 5.56 Å². The highest BCUT2D eigenvalue weighted by molar-refractivity contribution is 6.08. The largest absolute Gasteiger partial charge is 0.478 e. The fraction of sp³-hybridized carbons (Fsp3) is 0.228. The Kier molecular flexibility index (Phi) is 21.9. The van der Waals surface area contributed by atoms with Gasteiger partial charge in [-0.05, 0) is 315 Å². The third-order valence-electron chi connectivity index (χ3n) is 25.6. The molecule has 1 saturated heterocycles. The number of aromatic amines is 1. The Labute approximate surface area is 684 Å². The summed E-state index contributed by atoms with van der Waals surface area (Å²) in [5.41, 5.74) is 37.6. The van der Waals surface area contributed by atoms with Crippen molar-refractivity contribution in [2.75, 3.05) is 18.4 Å². The van der Waals surface area contributed by atoms with Crippen LogP contribution in [0.2, 0.25) is 0 Å². The Morgan fingerprint density at radius 3 is 1.29 bits per heavy atom. The van der Waals surface area contributed by atoms with Crippen LogP contribution in [0.25, 0.3) is 66.7 Å². The van der Waals surface area contributed by atoms with Gasteiger partial charge < -0.3 is 37.9 Å². The first-order valence-electron chi connectivity index (χ1n) is 40.1. The van der Waals surface area contributed by atoms with Crippen molar-refractivity contribution >= 4 is 75.1 Å². The number of Topliss-reactive ketones (excluding diaryl/α,β-unsaturated/α-hetero) is 5. The molecule has 7 aliphatic rings. The number of nitrogens with one attached hydrogen (secondary N) is 3. The number of aryl methyl sites for hydroxylation is 3. The van der Waals surface area contributed by atoms with E-state index in [0.717, 1.165) is 127 Å². The molecule has 0 atom stereocenters. The normalized spacial score (nSPS) is 19.6. The van der Waals surface area contributed by atoms with Crippen LogP contribution in [0.5, 0.6) is 0 Å². The van der Waals surface area contributed by atoms with Gasteiger partial charge in [0.15, 0.2) is 23.1 Å². The van der Waals surface area contributed by atoms with E-state index in [4.69, 9.17) is 17.2 Å². The molecule has 1 aliphatic heterocycles. The van der Waals surface area contributed by atoms with Crippen LogP contribution in [0.1, 0.15) is 179 Å². The molecule has 11 aromatic carbocycles. The van der Waals surface area contributed by atoms with Crippen LogP contribution < -0.4 is 27.8 Å². The average Bonchev–Trinajstić information content (AvgIpc) is 0.586. The van der Waals surface area contributed by atoms with Gasteiger partial charge in [0.1, 0.15) is 5.78 Å². The SMILES string of the molecule is CC(=O)c1cc(-c2ccc(C(N)=O)cc2)cc(-c2cc3cc(C)ccc3[nH]2)c1.CC(=O)c1cc(C(=O)Nc2ccc(C)cc2)cc(-c2ccc(C(N)=O)cc2)c1.CC(=O)c1cc(CC(=O)c2ccc(C)cc2)cc(-c2ccc(C(N)=O)cc2)c1.CCC12C3C4C1C1C2C3C41C(=O)Cc1cc(C(=O)O)cc(-c2ccc(C3CCNCC3)cc2)c1. The second-order valence-corrected chi connectivity index (χ2v) is 32.6. The van der Waals surface area contributed by atoms with Crippen LogP contribution in [0.4, 0.5) is 5.69 Å². The minimum atomic E-state index is -0.928. The summed E-state index contributed by atoms with van der Waals surface area (Å²) >= 11 is 0. The highest BCUT2D eigenvalue weighted by Gasteiger charge is 3.10. The number of carboxylic acids is 1. The number of nitrogens with two attached hydrogens (primary N) is 3. The number of primary amides is 3. The number of piperidine rings is 1. The van der Waals surface area contributed by atoms with Crippen LogP contribution in [-0.4, -0.2) is 81.7 Å². The first-order chi connectivity index (χ1) is 56.6. The molecular formula is C101H92N6O11. The van der Waals surface area contributed by atoms with Gasteiger partial charge in [-0.15, -0.1) is 0 Å². The van der Waals surface area contributed by atoms with Crippen LogP contribution in [0.3, 0.4) is 0 Å². The molecule has 592 valence electrons. The number of aromatic nitrogens is 1. The van der Waals surface area contributed by atoms with Gasteiger partial charge >= 0.3 is 5.97 Å². The second kappa shape index (κ2) is 32.4. The third-order valence-corrected chi connectivity index (χ3v) is 25.6. The molecule has 6 aliphatic carbocycles. The minimum Gasteiger partial charge on any atom is -0.478 e. The first kappa shape index (κ1) is 79.8. The summed E-state index contributed by atoms with van der Waals surface area (Å²) in [4.78, 5) is 124. The maximum Gasteiger partial charge on any atom is 0.335 e. The molecule has 17 nitrogen and oxygen atoms in total. The Hall–Kier alpha value is -13.4.